The van der Waals surface area contributed by atoms with Crippen LogP contribution in [-0.2, 0) is 57.2 Å². The molecule has 66 heavy (non-hydrogen) atoms. The van der Waals surface area contributed by atoms with Gasteiger partial charge in [0, 0.05) is 20.8 Å². The van der Waals surface area contributed by atoms with Crippen LogP contribution in [0.3, 0.4) is 0 Å². The summed E-state index contributed by atoms with van der Waals surface area (Å²) >= 11 is 0. The molecule has 3 heterocycles. The first-order valence-corrected chi connectivity index (χ1v) is 21.1. The van der Waals surface area contributed by atoms with E-state index >= 15 is 0 Å². The third kappa shape index (κ3) is 14.4. The second kappa shape index (κ2) is 25.2. The maximum absolute atomic E-state index is 13.6. The number of carbonyl (C=O) groups is 7. The van der Waals surface area contributed by atoms with Crippen LogP contribution in [0.25, 0.3) is 0 Å². The van der Waals surface area contributed by atoms with Gasteiger partial charge in [-0.25, -0.2) is 0 Å². The molecule has 7 amide bonds. The van der Waals surface area contributed by atoms with Crippen molar-refractivity contribution in [3.63, 3.8) is 0 Å². The normalized spacial score (nSPS) is 34.6. The maximum atomic E-state index is 13.6. The highest BCUT2D eigenvalue weighted by Crippen LogP contribution is 2.32. The van der Waals surface area contributed by atoms with Crippen LogP contribution in [0.2, 0.25) is 0 Å². The van der Waals surface area contributed by atoms with Crippen LogP contribution in [0, 0.1) is 5.92 Å². The zero-order chi connectivity index (χ0) is 49.9. The van der Waals surface area contributed by atoms with Crippen LogP contribution in [0.5, 0.6) is 0 Å². The van der Waals surface area contributed by atoms with E-state index in [1.807, 2.05) is 0 Å². The van der Waals surface area contributed by atoms with Crippen molar-refractivity contribution >= 4 is 41.4 Å². The van der Waals surface area contributed by atoms with Crippen LogP contribution in [0.1, 0.15) is 54.4 Å². The Morgan fingerprint density at radius 3 is 1.61 bits per heavy atom. The van der Waals surface area contributed by atoms with E-state index in [4.69, 9.17) is 29.4 Å². The molecule has 17 N–H and O–H groups in total. The van der Waals surface area contributed by atoms with Crippen LogP contribution in [0.15, 0.2) is 0 Å². The van der Waals surface area contributed by atoms with Crippen LogP contribution >= 0.6 is 0 Å². The summed E-state index contributed by atoms with van der Waals surface area (Å²) in [6.45, 7) is 4.88. The molecule has 28 nitrogen and oxygen atoms in total. The number of hydrogen-bond acceptors (Lipinski definition) is 21. The number of ether oxygens (including phenoxy) is 5. The fourth-order valence-corrected chi connectivity index (χ4v) is 7.50. The second-order valence-corrected chi connectivity index (χ2v) is 16.4. The highest BCUT2D eigenvalue weighted by atomic mass is 16.7. The van der Waals surface area contributed by atoms with E-state index in [1.54, 1.807) is 13.8 Å². The quantitative estimate of drug-likeness (QED) is 0.0508. The second-order valence-electron chi connectivity index (χ2n) is 16.4. The zero-order valence-electron chi connectivity index (χ0n) is 37.1. The van der Waals surface area contributed by atoms with Gasteiger partial charge in [-0.1, -0.05) is 20.3 Å². The molecule has 20 atom stereocenters. The summed E-state index contributed by atoms with van der Waals surface area (Å²) in [6, 6.07) is -7.82. The predicted molar refractivity (Wildman–Crippen MR) is 217 cm³/mol. The minimum Gasteiger partial charge on any atom is -0.394 e. The van der Waals surface area contributed by atoms with Crippen molar-refractivity contribution in [1.82, 2.24) is 31.9 Å². The third-order valence-corrected chi connectivity index (χ3v) is 11.2. The molecule has 0 aromatic carbocycles. The van der Waals surface area contributed by atoms with Crippen LogP contribution in [-0.4, -0.2) is 223 Å². The van der Waals surface area contributed by atoms with E-state index in [0.717, 1.165) is 20.8 Å². The molecular formula is C38H65N7O21. The Bertz CT molecular complexity index is 1680. The molecule has 0 unspecified atom stereocenters. The predicted octanol–water partition coefficient (Wildman–Crippen LogP) is -9.38. The largest absolute Gasteiger partial charge is 0.394 e. The summed E-state index contributed by atoms with van der Waals surface area (Å²) < 4.78 is 28.8. The van der Waals surface area contributed by atoms with Gasteiger partial charge in [-0.15, -0.1) is 0 Å². The molecule has 0 aliphatic carbocycles. The minimum absolute atomic E-state index is 0.312. The Balaban J connectivity index is 1.86. The Morgan fingerprint density at radius 1 is 0.606 bits per heavy atom. The van der Waals surface area contributed by atoms with E-state index < -0.39 is 190 Å². The summed E-state index contributed by atoms with van der Waals surface area (Å²) in [5.41, 5.74) is 5.30. The molecule has 0 bridgehead atoms. The molecule has 3 fully saturated rings. The fraction of sp³-hybridized carbons (Fsp3) is 0.816. The topological polar surface area (TPSA) is 446 Å². The monoisotopic (exact) mass is 955 g/mol. The number of aliphatic hydroxyl groups excluding tert-OH is 9. The van der Waals surface area contributed by atoms with Gasteiger partial charge in [0.05, 0.1) is 32.3 Å². The zero-order valence-corrected chi connectivity index (χ0v) is 37.1. The first-order chi connectivity index (χ1) is 30.9. The number of amides is 7. The summed E-state index contributed by atoms with van der Waals surface area (Å²) in [4.78, 5) is 89.3. The Hall–Kier alpha value is -4.27. The molecule has 0 spiro atoms. The van der Waals surface area contributed by atoms with E-state index in [-0.39, 0.29) is 0 Å². The average molecular weight is 956 g/mol. The molecule has 3 aliphatic heterocycles. The number of nitrogens with two attached hydrogens (primary N) is 1. The molecule has 378 valence electrons. The van der Waals surface area contributed by atoms with Crippen molar-refractivity contribution < 1.29 is 103 Å². The standard InChI is InChI=1S/C38H65N7O21/c1-7-12(2)22(35(61)45-23(13(3)49)33(39)59)44-34(60)17(40-14(4)50)8-21(53)43-36-24(41-15(5)51)27(55)31(19(10-47)62-36)65-37-25(42-16(6)52)28(56)32(20(11-48)64-37)66-38-30(58)29(57)26(54)18(9-46)63-38/h12-13,17-20,22-32,36-38,46-49,54-58H,7-11H2,1-6H3,(H2,39,59)(H,40,50)(H,41,51)(H,42,52)(H,43,53)(H,44,60)(H,45,61)/t12-,13+,17-,18+,19+,20+,22-,23-,24+,25+,26+,27+,28+,29-,30-,31+,32+,36+,37-,38-/m0/s1. The number of rotatable bonds is 21. The van der Waals surface area contributed by atoms with Crippen LogP contribution < -0.4 is 37.6 Å². The van der Waals surface area contributed by atoms with Gasteiger partial charge in [-0.05, 0) is 12.8 Å². The third-order valence-electron chi connectivity index (χ3n) is 11.2. The van der Waals surface area contributed by atoms with Gasteiger partial charge in [-0.3, -0.25) is 33.6 Å². The molecule has 0 radical (unpaired) electrons. The summed E-state index contributed by atoms with van der Waals surface area (Å²) in [5, 5.41) is 109. The molecule has 0 saturated carbocycles. The highest BCUT2D eigenvalue weighted by Gasteiger charge is 2.54. The summed E-state index contributed by atoms with van der Waals surface area (Å²) in [5.74, 6) is -6.98. The summed E-state index contributed by atoms with van der Waals surface area (Å²) in [7, 11) is 0. The first-order valence-electron chi connectivity index (χ1n) is 21.1. The van der Waals surface area contributed by atoms with E-state index in [9.17, 15) is 79.5 Å². The van der Waals surface area contributed by atoms with Crippen molar-refractivity contribution in [2.45, 2.75) is 171 Å². The highest BCUT2D eigenvalue weighted by molar-refractivity contribution is 5.96. The molecule has 3 rings (SSSR count). The Labute approximate surface area is 378 Å². The molecule has 0 aromatic heterocycles. The van der Waals surface area contributed by atoms with Crippen LogP contribution in [0.4, 0.5) is 0 Å². The molecule has 28 heteroatoms. The van der Waals surface area contributed by atoms with Gasteiger partial charge in [0.25, 0.3) is 0 Å². The number of hydrogen-bond donors (Lipinski definition) is 16. The van der Waals surface area contributed by atoms with Gasteiger partial charge in [0.15, 0.2) is 18.8 Å². The average Bonchev–Trinajstić information content (AvgIpc) is 3.24. The molecule has 3 saturated heterocycles. The summed E-state index contributed by atoms with van der Waals surface area (Å²) in [6.07, 6.45) is -24.8. The smallest absolute Gasteiger partial charge is 0.243 e. The van der Waals surface area contributed by atoms with Gasteiger partial charge < -0.3 is 107 Å². The maximum Gasteiger partial charge on any atom is 0.243 e. The van der Waals surface area contributed by atoms with Crippen molar-refractivity contribution in [3.05, 3.63) is 0 Å². The molecular weight excluding hydrogens is 890 g/mol. The number of carbonyl (C=O) groups excluding carboxylic acids is 7. The molecule has 0 aromatic rings. The van der Waals surface area contributed by atoms with E-state index in [1.165, 1.54) is 6.92 Å². The lowest BCUT2D eigenvalue weighted by Crippen LogP contribution is -2.71. The number of primary amides is 1. The first kappa shape index (κ1) is 56.1. The lowest BCUT2D eigenvalue weighted by atomic mass is 9.93. The number of aliphatic hydroxyl groups is 9. The van der Waals surface area contributed by atoms with Gasteiger partial charge in [-0.2, -0.15) is 0 Å². The number of nitrogens with one attached hydrogen (secondary N) is 6. The van der Waals surface area contributed by atoms with Crippen molar-refractivity contribution in [3.8, 4) is 0 Å². The van der Waals surface area contributed by atoms with Gasteiger partial charge in [0.1, 0.15) is 91.2 Å². The van der Waals surface area contributed by atoms with Crippen molar-refractivity contribution in [1.29, 1.82) is 0 Å². The minimum atomic E-state index is -1.95. The van der Waals surface area contributed by atoms with E-state index in [0.29, 0.717) is 6.42 Å². The lowest BCUT2D eigenvalue weighted by Gasteiger charge is -2.49. The Kier molecular flexibility index (Phi) is 21.4. The van der Waals surface area contributed by atoms with E-state index in [2.05, 4.69) is 31.9 Å². The lowest BCUT2D eigenvalue weighted by molar-refractivity contribution is -0.358. The van der Waals surface area contributed by atoms with Gasteiger partial charge in [0.2, 0.25) is 41.4 Å². The van der Waals surface area contributed by atoms with Crippen molar-refractivity contribution in [2.75, 3.05) is 19.8 Å². The fourth-order valence-electron chi connectivity index (χ4n) is 7.50. The molecule has 3 aliphatic rings. The SMILES string of the molecule is CC[C@H](C)[C@H](NC(=O)[C@H](CC(=O)N[C@@H]1O[C@H](CO)[C@@H](O[C@@H]2O[C@H](CO)[C@@H](O[C@@H]3O[C@H](CO)[C@@H](O)[C@H](O)[C@@H]3O)[C@H](O)[C@H]2NC(C)=O)[C@H](O)[C@H]1NC(C)=O)NC(C)=O)C(=O)N[C@H](C(N)=O)[C@@H](C)O. The Morgan fingerprint density at radius 2 is 1.11 bits per heavy atom. The van der Waals surface area contributed by atoms with Crippen molar-refractivity contribution in [2.24, 2.45) is 11.7 Å². The van der Waals surface area contributed by atoms with Gasteiger partial charge >= 0.3 is 0 Å².